The fourth-order valence-electron chi connectivity index (χ4n) is 1.91. The Bertz CT molecular complexity index is 657. The molecule has 0 saturated heterocycles. The number of aromatic hydroxyl groups is 1. The van der Waals surface area contributed by atoms with Gasteiger partial charge < -0.3 is 15.5 Å². The molecule has 1 aromatic carbocycles. The number of hydrogen-bond acceptors (Lipinski definition) is 4. The predicted octanol–water partition coefficient (Wildman–Crippen LogP) is 3.24. The monoisotopic (exact) mass is 358 g/mol. The Morgan fingerprint density at radius 2 is 1.90 bits per heavy atom. The number of halogens is 3. The van der Waals surface area contributed by atoms with Gasteiger partial charge in [0.25, 0.3) is 0 Å². The lowest BCUT2D eigenvalue weighted by Crippen LogP contribution is -2.08. The second-order valence-corrected chi connectivity index (χ2v) is 5.37. The molecule has 0 spiro atoms. The molecular weight excluding hydrogens is 346 g/mol. The molecule has 0 aliphatic carbocycles. The maximum absolute atomic E-state index is 13.7. The van der Waals surface area contributed by atoms with E-state index in [2.05, 4.69) is 26.2 Å². The minimum Gasteiger partial charge on any atom is -0.506 e. The maximum atomic E-state index is 13.7. The zero-order valence-electron chi connectivity index (χ0n) is 11.1. The van der Waals surface area contributed by atoms with E-state index in [4.69, 9.17) is 0 Å². The third kappa shape index (κ3) is 3.30. The van der Waals surface area contributed by atoms with Crippen molar-refractivity contribution in [2.24, 2.45) is 0 Å². The second-order valence-electron chi connectivity index (χ2n) is 4.45. The van der Waals surface area contributed by atoms with Crippen LogP contribution in [0.5, 0.6) is 5.75 Å². The molecule has 1 heterocycles. The van der Waals surface area contributed by atoms with Crippen molar-refractivity contribution in [1.82, 2.24) is 4.98 Å². The number of aliphatic hydroxyl groups is 1. The SMILES string of the molecule is Cc1ncc(CO)c(CNc2c(F)cc(Br)cc2F)c1O. The Balaban J connectivity index is 2.31. The molecule has 0 radical (unpaired) electrons. The van der Waals surface area contributed by atoms with Crippen LogP contribution in [0.3, 0.4) is 0 Å². The van der Waals surface area contributed by atoms with Crippen LogP contribution in [0.4, 0.5) is 14.5 Å². The van der Waals surface area contributed by atoms with Crippen molar-refractivity contribution in [1.29, 1.82) is 0 Å². The summed E-state index contributed by atoms with van der Waals surface area (Å²) in [7, 11) is 0. The number of benzene rings is 1. The Kier molecular flexibility index (Phi) is 4.74. The number of pyridine rings is 1. The molecule has 3 N–H and O–H groups in total. The topological polar surface area (TPSA) is 65.4 Å². The van der Waals surface area contributed by atoms with Crippen molar-refractivity contribution in [2.75, 3.05) is 5.32 Å². The van der Waals surface area contributed by atoms with Crippen molar-refractivity contribution in [3.8, 4) is 5.75 Å². The molecule has 112 valence electrons. The molecule has 0 amide bonds. The summed E-state index contributed by atoms with van der Waals surface area (Å²) in [6.07, 6.45) is 1.42. The van der Waals surface area contributed by atoms with Crippen LogP contribution in [-0.4, -0.2) is 15.2 Å². The van der Waals surface area contributed by atoms with E-state index in [1.165, 1.54) is 6.20 Å². The van der Waals surface area contributed by atoms with Gasteiger partial charge in [0.2, 0.25) is 0 Å². The number of rotatable bonds is 4. The third-order valence-electron chi connectivity index (χ3n) is 3.05. The van der Waals surface area contributed by atoms with Crippen molar-refractivity contribution < 1.29 is 19.0 Å². The number of aliphatic hydroxyl groups excluding tert-OH is 1. The number of nitrogens with one attached hydrogen (secondary N) is 1. The van der Waals surface area contributed by atoms with Crippen molar-refractivity contribution >= 4 is 21.6 Å². The molecule has 4 nitrogen and oxygen atoms in total. The van der Waals surface area contributed by atoms with Crippen LogP contribution < -0.4 is 5.32 Å². The lowest BCUT2D eigenvalue weighted by atomic mass is 10.1. The number of aromatic nitrogens is 1. The lowest BCUT2D eigenvalue weighted by molar-refractivity contribution is 0.279. The van der Waals surface area contributed by atoms with Crippen LogP contribution in [0.15, 0.2) is 22.8 Å². The highest BCUT2D eigenvalue weighted by molar-refractivity contribution is 9.10. The molecule has 0 fully saturated rings. The Labute approximate surface area is 128 Å². The van der Waals surface area contributed by atoms with Gasteiger partial charge in [0, 0.05) is 28.3 Å². The summed E-state index contributed by atoms with van der Waals surface area (Å²) in [5.41, 5.74) is 0.826. The maximum Gasteiger partial charge on any atom is 0.150 e. The number of aryl methyl sites for hydroxylation is 1. The smallest absolute Gasteiger partial charge is 0.150 e. The van der Waals surface area contributed by atoms with Crippen LogP contribution in [0, 0.1) is 18.6 Å². The van der Waals surface area contributed by atoms with Gasteiger partial charge in [-0.1, -0.05) is 15.9 Å². The van der Waals surface area contributed by atoms with E-state index in [0.717, 1.165) is 12.1 Å². The second kappa shape index (κ2) is 6.36. The standard InChI is InChI=1S/C14H13BrF2N2O2/c1-7-14(21)10(8(6-20)4-18-7)5-19-13-11(16)2-9(15)3-12(13)17/h2-4,19-21H,5-6H2,1H3. The first-order chi connectivity index (χ1) is 9.93. The zero-order valence-corrected chi connectivity index (χ0v) is 12.7. The number of anilines is 1. The zero-order chi connectivity index (χ0) is 15.6. The number of hydrogen-bond donors (Lipinski definition) is 3. The molecule has 2 aromatic rings. The highest BCUT2D eigenvalue weighted by Gasteiger charge is 2.14. The van der Waals surface area contributed by atoms with E-state index in [-0.39, 0.29) is 24.6 Å². The van der Waals surface area contributed by atoms with E-state index < -0.39 is 11.6 Å². The molecule has 0 atom stereocenters. The van der Waals surface area contributed by atoms with Crippen molar-refractivity contribution in [2.45, 2.75) is 20.1 Å². The fourth-order valence-corrected chi connectivity index (χ4v) is 2.31. The summed E-state index contributed by atoms with van der Waals surface area (Å²) in [5, 5.41) is 21.8. The average molecular weight is 359 g/mol. The molecular formula is C14H13BrF2N2O2. The Morgan fingerprint density at radius 1 is 1.29 bits per heavy atom. The largest absolute Gasteiger partial charge is 0.506 e. The summed E-state index contributed by atoms with van der Waals surface area (Å²) in [5.74, 6) is -1.61. The van der Waals surface area contributed by atoms with Crippen molar-refractivity contribution in [3.63, 3.8) is 0 Å². The minimum absolute atomic E-state index is 0.0411. The van der Waals surface area contributed by atoms with Gasteiger partial charge in [-0.05, 0) is 19.1 Å². The van der Waals surface area contributed by atoms with Crippen LogP contribution in [0.25, 0.3) is 0 Å². The van der Waals surface area contributed by atoms with E-state index in [1.807, 2.05) is 0 Å². The molecule has 1 aromatic heterocycles. The van der Waals surface area contributed by atoms with Gasteiger partial charge in [-0.3, -0.25) is 4.98 Å². The van der Waals surface area contributed by atoms with Gasteiger partial charge in [0.15, 0.2) is 0 Å². The summed E-state index contributed by atoms with van der Waals surface area (Å²) >= 11 is 3.00. The first kappa shape index (κ1) is 15.7. The predicted molar refractivity (Wildman–Crippen MR) is 77.9 cm³/mol. The molecule has 0 bridgehead atoms. The highest BCUT2D eigenvalue weighted by Crippen LogP contribution is 2.28. The summed E-state index contributed by atoms with van der Waals surface area (Å²) in [6.45, 7) is 1.23. The Morgan fingerprint density at radius 3 is 2.48 bits per heavy atom. The van der Waals surface area contributed by atoms with Gasteiger partial charge in [0.05, 0.1) is 12.3 Å². The van der Waals surface area contributed by atoms with Crippen LogP contribution in [0.2, 0.25) is 0 Å². The highest BCUT2D eigenvalue weighted by atomic mass is 79.9. The third-order valence-corrected chi connectivity index (χ3v) is 3.51. The number of nitrogens with zero attached hydrogens (tertiary/aromatic N) is 1. The van der Waals surface area contributed by atoms with Gasteiger partial charge in [-0.25, -0.2) is 8.78 Å². The molecule has 0 saturated carbocycles. The minimum atomic E-state index is -0.752. The first-order valence-electron chi connectivity index (χ1n) is 6.09. The van der Waals surface area contributed by atoms with E-state index in [9.17, 15) is 19.0 Å². The molecule has 0 aliphatic rings. The molecule has 2 rings (SSSR count). The summed E-state index contributed by atoms with van der Waals surface area (Å²) in [4.78, 5) is 3.92. The Hall–Kier alpha value is -1.73. The quantitative estimate of drug-likeness (QED) is 0.784. The first-order valence-corrected chi connectivity index (χ1v) is 6.89. The van der Waals surface area contributed by atoms with Gasteiger partial charge in [-0.15, -0.1) is 0 Å². The lowest BCUT2D eigenvalue weighted by Gasteiger charge is -2.14. The van der Waals surface area contributed by atoms with Crippen LogP contribution in [0.1, 0.15) is 16.8 Å². The molecule has 0 unspecified atom stereocenters. The normalized spacial score (nSPS) is 10.7. The van der Waals surface area contributed by atoms with Crippen LogP contribution in [-0.2, 0) is 13.2 Å². The molecule has 0 aliphatic heterocycles. The summed E-state index contributed by atoms with van der Waals surface area (Å²) in [6, 6.07) is 2.27. The van der Waals surface area contributed by atoms with Gasteiger partial charge in [-0.2, -0.15) is 0 Å². The van der Waals surface area contributed by atoms with Gasteiger partial charge >= 0.3 is 0 Å². The van der Waals surface area contributed by atoms with Crippen LogP contribution >= 0.6 is 15.9 Å². The van der Waals surface area contributed by atoms with E-state index in [0.29, 0.717) is 21.3 Å². The van der Waals surface area contributed by atoms with Gasteiger partial charge in [0.1, 0.15) is 23.1 Å². The van der Waals surface area contributed by atoms with E-state index >= 15 is 0 Å². The fraction of sp³-hybridized carbons (Fsp3) is 0.214. The molecule has 7 heteroatoms. The van der Waals surface area contributed by atoms with E-state index in [1.54, 1.807) is 6.92 Å². The average Bonchev–Trinajstić information content (AvgIpc) is 2.42. The summed E-state index contributed by atoms with van der Waals surface area (Å²) < 4.78 is 27.7. The molecule has 21 heavy (non-hydrogen) atoms. The van der Waals surface area contributed by atoms with Crippen molar-refractivity contribution in [3.05, 3.63) is 51.3 Å².